The molecule has 0 aromatic heterocycles. The maximum atomic E-state index is 12.1. The molecule has 190 valence electrons. The van der Waals surface area contributed by atoms with Crippen molar-refractivity contribution in [3.63, 3.8) is 0 Å². The van der Waals surface area contributed by atoms with Crippen LogP contribution < -0.4 is 4.74 Å². The predicted octanol–water partition coefficient (Wildman–Crippen LogP) is 4.41. The van der Waals surface area contributed by atoms with Crippen molar-refractivity contribution < 1.29 is 29.3 Å². The zero-order valence-electron chi connectivity index (χ0n) is 21.0. The molecule has 0 amide bonds. The first-order valence-electron chi connectivity index (χ1n) is 13.1. The zero-order valence-corrected chi connectivity index (χ0v) is 21.0. The largest absolute Gasteiger partial charge is 0.482 e. The van der Waals surface area contributed by atoms with Gasteiger partial charge >= 0.3 is 5.97 Å². The molecule has 6 heteroatoms. The molecule has 6 atom stereocenters. The Kier molecular flexibility index (Phi) is 9.96. The smallest absolute Gasteiger partial charge is 0.344 e. The Labute approximate surface area is 204 Å². The van der Waals surface area contributed by atoms with Crippen LogP contribution in [0.1, 0.15) is 83.3 Å². The van der Waals surface area contributed by atoms with Gasteiger partial charge in [-0.15, -0.1) is 0 Å². The van der Waals surface area contributed by atoms with E-state index < -0.39 is 12.1 Å². The fourth-order valence-electron chi connectivity index (χ4n) is 5.94. The highest BCUT2D eigenvalue weighted by Gasteiger charge is 2.44. The molecule has 34 heavy (non-hydrogen) atoms. The second-order valence-electron chi connectivity index (χ2n) is 10.4. The van der Waals surface area contributed by atoms with Gasteiger partial charge in [0, 0.05) is 6.42 Å². The fraction of sp³-hybridized carbons (Fsp3) is 0.714. The first kappa shape index (κ1) is 26.7. The van der Waals surface area contributed by atoms with Gasteiger partial charge in [0.05, 0.1) is 12.2 Å². The van der Waals surface area contributed by atoms with E-state index in [9.17, 15) is 19.8 Å². The molecule has 0 spiro atoms. The summed E-state index contributed by atoms with van der Waals surface area (Å²) in [5.74, 6) is 1.23. The molecule has 1 saturated carbocycles. The Morgan fingerprint density at radius 2 is 1.97 bits per heavy atom. The third-order valence-electron chi connectivity index (χ3n) is 7.57. The Bertz CT molecular complexity index is 821. The number of aliphatic hydroxyl groups excluding tert-OH is 2. The van der Waals surface area contributed by atoms with Crippen LogP contribution in [0.25, 0.3) is 0 Å². The molecule has 1 fully saturated rings. The molecule has 3 rings (SSSR count). The van der Waals surface area contributed by atoms with Gasteiger partial charge < -0.3 is 19.7 Å². The van der Waals surface area contributed by atoms with E-state index in [0.29, 0.717) is 17.6 Å². The first-order valence-corrected chi connectivity index (χ1v) is 13.1. The minimum absolute atomic E-state index is 0.0176. The normalized spacial score (nSPS) is 25.2. The van der Waals surface area contributed by atoms with E-state index in [0.717, 1.165) is 63.4 Å². The number of unbranched alkanes of at least 4 members (excludes halogenated alkanes) is 2. The van der Waals surface area contributed by atoms with Crippen LogP contribution in [0.2, 0.25) is 0 Å². The number of ketones is 1. The zero-order chi connectivity index (χ0) is 24.7. The van der Waals surface area contributed by atoms with Crippen LogP contribution in [0.3, 0.4) is 0 Å². The van der Waals surface area contributed by atoms with Gasteiger partial charge in [0.25, 0.3) is 0 Å². The van der Waals surface area contributed by atoms with Crippen LogP contribution in [0.15, 0.2) is 18.2 Å². The number of rotatable bonds is 13. The number of carbonyl (C=O) groups is 2. The molecule has 0 radical (unpaired) electrons. The molecule has 0 bridgehead atoms. The molecule has 1 aromatic carbocycles. The van der Waals surface area contributed by atoms with Crippen molar-refractivity contribution >= 4 is 11.8 Å². The van der Waals surface area contributed by atoms with Gasteiger partial charge in [-0.05, 0) is 87.3 Å². The van der Waals surface area contributed by atoms with Crippen molar-refractivity contribution in [1.82, 2.24) is 0 Å². The van der Waals surface area contributed by atoms with Crippen LogP contribution in [0, 0.1) is 17.8 Å². The Balaban J connectivity index is 1.57. The summed E-state index contributed by atoms with van der Waals surface area (Å²) in [6.07, 6.45) is 7.51. The summed E-state index contributed by atoms with van der Waals surface area (Å²) in [5.41, 5.74) is 2.35. The van der Waals surface area contributed by atoms with E-state index in [1.54, 1.807) is 6.92 Å². The summed E-state index contributed by atoms with van der Waals surface area (Å²) in [6.45, 7) is 5.16. The van der Waals surface area contributed by atoms with E-state index in [1.807, 2.05) is 12.1 Å². The van der Waals surface area contributed by atoms with Gasteiger partial charge in [-0.25, -0.2) is 4.79 Å². The van der Waals surface area contributed by atoms with Crippen molar-refractivity contribution in [1.29, 1.82) is 0 Å². The molecular formula is C28H42O6. The third kappa shape index (κ3) is 7.29. The van der Waals surface area contributed by atoms with Crippen LogP contribution >= 0.6 is 0 Å². The Morgan fingerprint density at radius 1 is 1.18 bits per heavy atom. The van der Waals surface area contributed by atoms with Crippen LogP contribution in [0.4, 0.5) is 0 Å². The summed E-state index contributed by atoms with van der Waals surface area (Å²) in [5, 5.41) is 21.2. The Morgan fingerprint density at radius 3 is 2.71 bits per heavy atom. The SMILES string of the molecule is CCCCC[C@H](O)CCC1C2Cc3cccc(OCC(=O)OC(C)CC(C)=O)c3C[C@H]2C[C@H]1O. The lowest BCUT2D eigenvalue weighted by atomic mass is 9.73. The van der Waals surface area contributed by atoms with Gasteiger partial charge in [-0.2, -0.15) is 0 Å². The topological polar surface area (TPSA) is 93.1 Å². The number of Topliss-reactive ketones (excluding diaryl/α,β-unsaturated/α-hetero) is 1. The highest BCUT2D eigenvalue weighted by molar-refractivity contribution is 5.77. The van der Waals surface area contributed by atoms with Gasteiger partial charge in [0.1, 0.15) is 17.6 Å². The lowest BCUT2D eigenvalue weighted by Crippen LogP contribution is -2.28. The molecule has 0 heterocycles. The number of fused-ring (bicyclic) bond motifs is 2. The maximum absolute atomic E-state index is 12.1. The van der Waals surface area contributed by atoms with Gasteiger partial charge in [0.15, 0.2) is 6.61 Å². The average molecular weight is 475 g/mol. The number of ether oxygens (including phenoxy) is 2. The predicted molar refractivity (Wildman–Crippen MR) is 131 cm³/mol. The summed E-state index contributed by atoms with van der Waals surface area (Å²) >= 11 is 0. The molecule has 0 saturated heterocycles. The molecule has 2 N–H and O–H groups in total. The summed E-state index contributed by atoms with van der Waals surface area (Å²) in [4.78, 5) is 23.3. The fourth-order valence-corrected chi connectivity index (χ4v) is 5.94. The third-order valence-corrected chi connectivity index (χ3v) is 7.57. The number of aliphatic hydroxyl groups is 2. The van der Waals surface area contributed by atoms with E-state index in [-0.39, 0.29) is 36.9 Å². The Hall–Kier alpha value is -1.92. The van der Waals surface area contributed by atoms with Gasteiger partial charge in [0.2, 0.25) is 0 Å². The van der Waals surface area contributed by atoms with Crippen molar-refractivity contribution in [3.8, 4) is 5.75 Å². The van der Waals surface area contributed by atoms with Crippen molar-refractivity contribution in [3.05, 3.63) is 29.3 Å². The summed E-state index contributed by atoms with van der Waals surface area (Å²) < 4.78 is 11.1. The molecule has 2 aliphatic rings. The molecule has 0 aliphatic heterocycles. The lowest BCUT2D eigenvalue weighted by molar-refractivity contribution is -0.151. The molecular weight excluding hydrogens is 432 g/mol. The highest BCUT2D eigenvalue weighted by atomic mass is 16.6. The van der Waals surface area contributed by atoms with E-state index in [1.165, 1.54) is 12.5 Å². The summed E-state index contributed by atoms with van der Waals surface area (Å²) in [7, 11) is 0. The second-order valence-corrected chi connectivity index (χ2v) is 10.4. The summed E-state index contributed by atoms with van der Waals surface area (Å²) in [6, 6.07) is 5.96. The molecule has 6 nitrogen and oxygen atoms in total. The molecule has 3 unspecified atom stereocenters. The standard InChI is InChI=1S/C28H42O6/c1-4-5-6-9-22(30)11-12-23-24-14-20-8-7-10-27(25(20)15-21(24)16-26(23)31)33-17-28(32)34-19(3)13-18(2)29/h7-8,10,19,21-24,26,30-31H,4-6,9,11-17H2,1-3H3/t19?,21-,22-,23?,24?,26+/m0/s1. The van der Waals surface area contributed by atoms with Crippen LogP contribution in [-0.4, -0.2) is 46.9 Å². The van der Waals surface area contributed by atoms with E-state index in [2.05, 4.69) is 13.0 Å². The van der Waals surface area contributed by atoms with Gasteiger partial charge in [-0.1, -0.05) is 38.3 Å². The van der Waals surface area contributed by atoms with Crippen LogP contribution in [0.5, 0.6) is 5.75 Å². The maximum Gasteiger partial charge on any atom is 0.344 e. The monoisotopic (exact) mass is 474 g/mol. The number of esters is 1. The minimum Gasteiger partial charge on any atom is -0.482 e. The quantitative estimate of drug-likeness (QED) is 0.325. The molecule has 1 aromatic rings. The first-order chi connectivity index (χ1) is 16.3. The van der Waals surface area contributed by atoms with E-state index in [4.69, 9.17) is 9.47 Å². The molecule has 2 aliphatic carbocycles. The number of hydrogen-bond donors (Lipinski definition) is 2. The van der Waals surface area contributed by atoms with Crippen molar-refractivity contribution in [2.45, 2.75) is 103 Å². The average Bonchev–Trinajstić information content (AvgIpc) is 3.08. The van der Waals surface area contributed by atoms with Gasteiger partial charge in [-0.3, -0.25) is 4.79 Å². The highest BCUT2D eigenvalue weighted by Crippen LogP contribution is 2.48. The number of hydrogen-bond acceptors (Lipinski definition) is 6. The van der Waals surface area contributed by atoms with Crippen LogP contribution in [-0.2, 0) is 27.2 Å². The number of benzene rings is 1. The van der Waals surface area contributed by atoms with Crippen molar-refractivity contribution in [2.24, 2.45) is 17.8 Å². The minimum atomic E-state index is -0.478. The second kappa shape index (κ2) is 12.7. The van der Waals surface area contributed by atoms with E-state index >= 15 is 0 Å². The van der Waals surface area contributed by atoms with Crippen molar-refractivity contribution in [2.75, 3.05) is 6.61 Å². The number of carbonyl (C=O) groups excluding carboxylic acids is 2. The lowest BCUT2D eigenvalue weighted by Gasteiger charge is -2.32.